The topological polar surface area (TPSA) is 22.7 Å². The van der Waals surface area contributed by atoms with Gasteiger partial charge in [0.25, 0.3) is 0 Å². The molecule has 0 bridgehead atoms. The zero-order valence-corrected chi connectivity index (χ0v) is 13.9. The molecule has 1 heterocycles. The third-order valence-corrected chi connectivity index (χ3v) is 3.74. The van der Waals surface area contributed by atoms with Crippen molar-refractivity contribution in [3.05, 3.63) is 54.4 Å². The zero-order chi connectivity index (χ0) is 15.9. The second kappa shape index (κ2) is 7.59. The number of aryl methyl sites for hydroxylation is 1. The third kappa shape index (κ3) is 4.07. The van der Waals surface area contributed by atoms with Gasteiger partial charge in [0.05, 0.1) is 11.9 Å². The van der Waals surface area contributed by atoms with Crippen molar-refractivity contribution >= 4 is 17.6 Å². The van der Waals surface area contributed by atoms with Crippen molar-refractivity contribution in [3.8, 4) is 0 Å². The van der Waals surface area contributed by atoms with Gasteiger partial charge in [0, 0.05) is 43.5 Å². The number of pyridine rings is 1. The summed E-state index contributed by atoms with van der Waals surface area (Å²) in [7, 11) is 3.97. The van der Waals surface area contributed by atoms with Crippen LogP contribution in [0.5, 0.6) is 0 Å². The average Bonchev–Trinajstić information content (AvgIpc) is 2.56. The van der Waals surface area contributed by atoms with Gasteiger partial charge < -0.3 is 4.90 Å². The molecule has 22 heavy (non-hydrogen) atoms. The Balaban J connectivity index is 2.06. The molecule has 0 unspecified atom stereocenters. The number of rotatable bonds is 6. The maximum Gasteiger partial charge on any atom is 0.169 e. The molecule has 0 amide bonds. The molecule has 4 nitrogen and oxygen atoms in total. The van der Waals surface area contributed by atoms with E-state index in [4.69, 9.17) is 0 Å². The van der Waals surface area contributed by atoms with Crippen LogP contribution >= 0.6 is 0 Å². The lowest BCUT2D eigenvalue weighted by Gasteiger charge is -2.22. The first-order valence-electron chi connectivity index (χ1n) is 7.72. The van der Waals surface area contributed by atoms with E-state index < -0.39 is 0 Å². The van der Waals surface area contributed by atoms with E-state index in [1.165, 1.54) is 5.69 Å². The Bertz CT molecular complexity index is 598. The van der Waals surface area contributed by atoms with E-state index in [1.54, 1.807) is 0 Å². The second-order valence-electron chi connectivity index (χ2n) is 5.25. The minimum Gasteiger partial charge on any atom is -0.372 e. The first-order chi connectivity index (χ1) is 10.6. The Morgan fingerprint density at radius 1 is 0.955 bits per heavy atom. The smallest absolute Gasteiger partial charge is 0.169 e. The van der Waals surface area contributed by atoms with Crippen LogP contribution in [0, 0.1) is 0 Å². The molecule has 116 valence electrons. The van der Waals surface area contributed by atoms with Gasteiger partial charge in [-0.3, -0.25) is 5.01 Å². The molecule has 1 aromatic heterocycles. The van der Waals surface area contributed by atoms with E-state index >= 15 is 0 Å². The number of anilines is 2. The summed E-state index contributed by atoms with van der Waals surface area (Å²) in [5, 5.41) is 6.38. The fraction of sp³-hybridized carbons (Fsp3) is 0.333. The number of benzene rings is 1. The molecule has 2 rings (SSSR count). The summed E-state index contributed by atoms with van der Waals surface area (Å²) in [4.78, 5) is 2.33. The quantitative estimate of drug-likeness (QED) is 0.465. The fourth-order valence-corrected chi connectivity index (χ4v) is 2.29. The summed E-state index contributed by atoms with van der Waals surface area (Å²) in [6.07, 6.45) is 5.90. The van der Waals surface area contributed by atoms with Gasteiger partial charge in [-0.2, -0.15) is 5.10 Å². The molecule has 0 N–H and O–H groups in total. The SMILES string of the molecule is CCN(CC)c1ccc(N(C)N=Cc2cc[n+](C)cc2)cc1. The van der Waals surface area contributed by atoms with Gasteiger partial charge in [0.15, 0.2) is 12.4 Å². The van der Waals surface area contributed by atoms with Crippen LogP contribution in [-0.4, -0.2) is 26.4 Å². The number of nitrogens with zero attached hydrogens (tertiary/aromatic N) is 4. The Labute approximate surface area is 133 Å². The van der Waals surface area contributed by atoms with Crippen molar-refractivity contribution in [2.45, 2.75) is 13.8 Å². The highest BCUT2D eigenvalue weighted by Gasteiger charge is 2.03. The molecule has 2 aromatic rings. The van der Waals surface area contributed by atoms with Crippen molar-refractivity contribution in [3.63, 3.8) is 0 Å². The molecule has 0 atom stereocenters. The summed E-state index contributed by atoms with van der Waals surface area (Å²) in [6, 6.07) is 12.6. The minimum atomic E-state index is 1.02. The summed E-state index contributed by atoms with van der Waals surface area (Å²) < 4.78 is 2.01. The van der Waals surface area contributed by atoms with E-state index in [2.05, 4.69) is 48.1 Å². The Hall–Kier alpha value is -2.36. The van der Waals surface area contributed by atoms with E-state index in [1.807, 2.05) is 54.4 Å². The van der Waals surface area contributed by atoms with Crippen LogP contribution in [0.25, 0.3) is 0 Å². The predicted octanol–water partition coefficient (Wildman–Crippen LogP) is 2.83. The zero-order valence-electron chi connectivity index (χ0n) is 13.9. The molecule has 0 aliphatic heterocycles. The van der Waals surface area contributed by atoms with E-state index in [0.717, 1.165) is 24.3 Å². The van der Waals surface area contributed by atoms with Crippen LogP contribution in [-0.2, 0) is 7.05 Å². The van der Waals surface area contributed by atoms with Gasteiger partial charge in [-0.25, -0.2) is 4.57 Å². The fourth-order valence-electron chi connectivity index (χ4n) is 2.29. The van der Waals surface area contributed by atoms with Crippen LogP contribution in [0.1, 0.15) is 19.4 Å². The summed E-state index contributed by atoms with van der Waals surface area (Å²) >= 11 is 0. The van der Waals surface area contributed by atoms with Gasteiger partial charge in [-0.05, 0) is 38.1 Å². The van der Waals surface area contributed by atoms with Gasteiger partial charge in [-0.1, -0.05) is 0 Å². The highest BCUT2D eigenvalue weighted by molar-refractivity contribution is 5.79. The van der Waals surface area contributed by atoms with Crippen LogP contribution in [0.15, 0.2) is 53.9 Å². The second-order valence-corrected chi connectivity index (χ2v) is 5.25. The lowest BCUT2D eigenvalue weighted by atomic mass is 10.2. The predicted molar refractivity (Wildman–Crippen MR) is 93.6 cm³/mol. The van der Waals surface area contributed by atoms with Crippen LogP contribution in [0.3, 0.4) is 0 Å². The van der Waals surface area contributed by atoms with Gasteiger partial charge in [-0.15, -0.1) is 0 Å². The number of aromatic nitrogens is 1. The van der Waals surface area contributed by atoms with Gasteiger partial charge in [0.2, 0.25) is 0 Å². The lowest BCUT2D eigenvalue weighted by molar-refractivity contribution is -0.671. The number of hydrogen-bond acceptors (Lipinski definition) is 3. The van der Waals surface area contributed by atoms with Crippen molar-refractivity contribution in [2.24, 2.45) is 12.1 Å². The molecule has 0 aliphatic rings. The average molecular weight is 297 g/mol. The van der Waals surface area contributed by atoms with Crippen molar-refractivity contribution in [1.82, 2.24) is 0 Å². The first-order valence-corrected chi connectivity index (χ1v) is 7.72. The molecule has 4 heteroatoms. The molecular weight excluding hydrogens is 272 g/mol. The van der Waals surface area contributed by atoms with E-state index in [-0.39, 0.29) is 0 Å². The lowest BCUT2D eigenvalue weighted by Crippen LogP contribution is -2.25. The summed E-state index contributed by atoms with van der Waals surface area (Å²) in [6.45, 7) is 6.39. The van der Waals surface area contributed by atoms with Crippen LogP contribution in [0.4, 0.5) is 11.4 Å². The maximum atomic E-state index is 4.49. The van der Waals surface area contributed by atoms with E-state index in [9.17, 15) is 0 Å². The highest BCUT2D eigenvalue weighted by atomic mass is 15.4. The summed E-state index contributed by atoms with van der Waals surface area (Å²) in [5.74, 6) is 0. The number of hydrazone groups is 1. The largest absolute Gasteiger partial charge is 0.372 e. The van der Waals surface area contributed by atoms with Crippen molar-refractivity contribution in [1.29, 1.82) is 0 Å². The molecule has 0 spiro atoms. The first kappa shape index (κ1) is 16.0. The molecule has 1 aromatic carbocycles. The van der Waals surface area contributed by atoms with Crippen molar-refractivity contribution < 1.29 is 4.57 Å². The molecule has 0 saturated heterocycles. The standard InChI is InChI=1S/C18H25N4/c1-5-22(6-2)18-9-7-17(8-10-18)21(4)19-15-16-11-13-20(3)14-12-16/h7-15H,5-6H2,1-4H3/q+1. The maximum absolute atomic E-state index is 4.49. The summed E-state index contributed by atoms with van der Waals surface area (Å²) in [5.41, 5.74) is 3.42. The Kier molecular flexibility index (Phi) is 5.53. The third-order valence-electron chi connectivity index (χ3n) is 3.74. The molecule has 0 aliphatic carbocycles. The molecule has 0 radical (unpaired) electrons. The van der Waals surface area contributed by atoms with Crippen LogP contribution < -0.4 is 14.5 Å². The highest BCUT2D eigenvalue weighted by Crippen LogP contribution is 2.20. The van der Waals surface area contributed by atoms with Gasteiger partial charge in [0.1, 0.15) is 7.05 Å². The monoisotopic (exact) mass is 297 g/mol. The molecular formula is C18H25N4+. The Morgan fingerprint density at radius 2 is 1.50 bits per heavy atom. The Morgan fingerprint density at radius 3 is 2.05 bits per heavy atom. The normalized spacial score (nSPS) is 10.9. The van der Waals surface area contributed by atoms with Crippen molar-refractivity contribution in [2.75, 3.05) is 30.0 Å². The molecule has 0 saturated carbocycles. The van der Waals surface area contributed by atoms with Crippen LogP contribution in [0.2, 0.25) is 0 Å². The van der Waals surface area contributed by atoms with Gasteiger partial charge >= 0.3 is 0 Å². The number of hydrogen-bond donors (Lipinski definition) is 0. The van der Waals surface area contributed by atoms with E-state index in [0.29, 0.717) is 0 Å². The minimum absolute atomic E-state index is 1.02. The molecule has 0 fully saturated rings.